The zero-order chi connectivity index (χ0) is 17.9. The zero-order valence-electron chi connectivity index (χ0n) is 12.4. The van der Waals surface area contributed by atoms with Crippen molar-refractivity contribution in [1.29, 1.82) is 0 Å². The Labute approximate surface area is 139 Å². The second-order valence-electron chi connectivity index (χ2n) is 4.89. The first-order valence-electron chi connectivity index (χ1n) is 6.77. The number of hydrogen-bond acceptors (Lipinski definition) is 5. The summed E-state index contributed by atoms with van der Waals surface area (Å²) >= 11 is 1.20. The number of halogens is 3. The number of thioether (sulfide) groups is 1. The maximum absolute atomic E-state index is 12.1. The van der Waals surface area contributed by atoms with Gasteiger partial charge in [0.05, 0.1) is 11.0 Å². The van der Waals surface area contributed by atoms with Gasteiger partial charge in [-0.15, -0.1) is 24.9 Å². The summed E-state index contributed by atoms with van der Waals surface area (Å²) < 4.78 is 39.9. The quantitative estimate of drug-likeness (QED) is 0.830. The lowest BCUT2D eigenvalue weighted by Crippen LogP contribution is -2.49. The Kier molecular flexibility index (Phi) is 5.37. The van der Waals surface area contributed by atoms with Gasteiger partial charge in [0.25, 0.3) is 0 Å². The molecule has 24 heavy (non-hydrogen) atoms. The number of alkyl halides is 3. The number of nitrogens with one attached hydrogen (secondary N) is 1. The molecule has 0 aromatic heterocycles. The minimum Gasteiger partial charge on any atom is -0.406 e. The van der Waals surface area contributed by atoms with Gasteiger partial charge in [-0.1, -0.05) is 0 Å². The number of ether oxygens (including phenoxy) is 1. The number of hydrogen-bond donors (Lipinski definition) is 1. The molecule has 1 aliphatic heterocycles. The fourth-order valence-corrected chi connectivity index (χ4v) is 2.76. The first-order valence-corrected chi connectivity index (χ1v) is 7.82. The Balaban J connectivity index is 1.94. The minimum atomic E-state index is -4.80. The smallest absolute Gasteiger partial charge is 0.406 e. The third-order valence-electron chi connectivity index (χ3n) is 3.05. The molecule has 1 saturated heterocycles. The average molecular weight is 362 g/mol. The highest BCUT2D eigenvalue weighted by molar-refractivity contribution is 8.01. The number of benzene rings is 1. The molecule has 2 rings (SSSR count). The van der Waals surface area contributed by atoms with Gasteiger partial charge in [0.15, 0.2) is 0 Å². The highest BCUT2D eigenvalue weighted by Gasteiger charge is 2.33. The van der Waals surface area contributed by atoms with Crippen LogP contribution in [0.3, 0.4) is 0 Å². The minimum absolute atomic E-state index is 0.115. The summed E-state index contributed by atoms with van der Waals surface area (Å²) in [5.41, 5.74) is 0.217. The Morgan fingerprint density at radius 3 is 2.54 bits per heavy atom. The van der Waals surface area contributed by atoms with Crippen molar-refractivity contribution in [3.05, 3.63) is 24.3 Å². The van der Waals surface area contributed by atoms with Crippen LogP contribution in [0.2, 0.25) is 0 Å². The molecule has 1 aromatic carbocycles. The number of carbonyl (C=O) groups is 3. The SMILES string of the molecule is C[C@H]1SCC(=O)N(CC(=O)Nc2ccc(OC(F)(F)F)cc2)C1=O. The van der Waals surface area contributed by atoms with Crippen LogP contribution in [0, 0.1) is 0 Å². The van der Waals surface area contributed by atoms with Gasteiger partial charge in [0.1, 0.15) is 12.3 Å². The lowest BCUT2D eigenvalue weighted by atomic mass is 10.3. The van der Waals surface area contributed by atoms with Crippen molar-refractivity contribution in [2.24, 2.45) is 0 Å². The van der Waals surface area contributed by atoms with Crippen molar-refractivity contribution < 1.29 is 32.3 Å². The predicted molar refractivity (Wildman–Crippen MR) is 80.4 cm³/mol. The average Bonchev–Trinajstić information content (AvgIpc) is 2.48. The molecule has 1 atom stereocenters. The molecule has 0 spiro atoms. The van der Waals surface area contributed by atoms with Crippen LogP contribution in [0.25, 0.3) is 0 Å². The van der Waals surface area contributed by atoms with Crippen molar-refractivity contribution in [2.45, 2.75) is 18.5 Å². The molecule has 0 unspecified atom stereocenters. The van der Waals surface area contributed by atoms with Crippen molar-refractivity contribution in [2.75, 3.05) is 17.6 Å². The molecule has 1 N–H and O–H groups in total. The molecular weight excluding hydrogens is 349 g/mol. The molecule has 1 fully saturated rings. The van der Waals surface area contributed by atoms with E-state index in [9.17, 15) is 27.6 Å². The molecule has 6 nitrogen and oxygen atoms in total. The van der Waals surface area contributed by atoms with E-state index >= 15 is 0 Å². The summed E-state index contributed by atoms with van der Waals surface area (Å²) in [7, 11) is 0. The molecule has 3 amide bonds. The Morgan fingerprint density at radius 1 is 1.33 bits per heavy atom. The molecule has 10 heteroatoms. The van der Waals surface area contributed by atoms with Crippen LogP contribution in [0.1, 0.15) is 6.92 Å². The molecule has 0 saturated carbocycles. The van der Waals surface area contributed by atoms with Crippen LogP contribution in [0.15, 0.2) is 24.3 Å². The van der Waals surface area contributed by atoms with Gasteiger partial charge in [0, 0.05) is 5.69 Å². The summed E-state index contributed by atoms with van der Waals surface area (Å²) in [5.74, 6) is -1.83. The third-order valence-corrected chi connectivity index (χ3v) is 4.16. The predicted octanol–water partition coefficient (Wildman–Crippen LogP) is 2.01. The summed E-state index contributed by atoms with van der Waals surface area (Å²) in [6.07, 6.45) is -4.80. The van der Waals surface area contributed by atoms with Crippen LogP contribution < -0.4 is 10.1 Å². The van der Waals surface area contributed by atoms with Crippen molar-refractivity contribution in [3.63, 3.8) is 0 Å². The van der Waals surface area contributed by atoms with E-state index in [0.29, 0.717) is 0 Å². The van der Waals surface area contributed by atoms with Gasteiger partial charge < -0.3 is 10.1 Å². The summed E-state index contributed by atoms with van der Waals surface area (Å²) in [5, 5.41) is 2.00. The van der Waals surface area contributed by atoms with Gasteiger partial charge in [0.2, 0.25) is 17.7 Å². The van der Waals surface area contributed by atoms with Gasteiger partial charge in [-0.2, -0.15) is 0 Å². The lowest BCUT2D eigenvalue weighted by molar-refractivity contribution is -0.274. The van der Waals surface area contributed by atoms with Gasteiger partial charge in [-0.3, -0.25) is 19.3 Å². The van der Waals surface area contributed by atoms with Crippen molar-refractivity contribution in [1.82, 2.24) is 4.90 Å². The van der Waals surface area contributed by atoms with Crippen LogP contribution in [0.5, 0.6) is 5.75 Å². The lowest BCUT2D eigenvalue weighted by Gasteiger charge is -2.27. The first-order chi connectivity index (χ1) is 11.2. The van der Waals surface area contributed by atoms with Gasteiger partial charge in [-0.05, 0) is 31.2 Å². The first kappa shape index (κ1) is 18.1. The second-order valence-corrected chi connectivity index (χ2v) is 6.22. The van der Waals surface area contributed by atoms with E-state index in [1.165, 1.54) is 23.9 Å². The highest BCUT2D eigenvalue weighted by Crippen LogP contribution is 2.24. The second kappa shape index (κ2) is 7.12. The molecule has 0 aliphatic carbocycles. The summed E-state index contributed by atoms with van der Waals surface area (Å²) in [6, 6.07) is 4.52. The molecule has 0 bridgehead atoms. The van der Waals surface area contributed by atoms with Crippen LogP contribution >= 0.6 is 11.8 Å². The molecule has 0 radical (unpaired) electrons. The van der Waals surface area contributed by atoms with Crippen LogP contribution in [-0.4, -0.2) is 46.5 Å². The van der Waals surface area contributed by atoms with Crippen LogP contribution in [0.4, 0.5) is 18.9 Å². The number of anilines is 1. The van der Waals surface area contributed by atoms with E-state index in [1.807, 2.05) is 0 Å². The summed E-state index contributed by atoms with van der Waals surface area (Å²) in [4.78, 5) is 36.4. The van der Waals surface area contributed by atoms with E-state index in [-0.39, 0.29) is 11.4 Å². The van der Waals surface area contributed by atoms with E-state index in [1.54, 1.807) is 6.92 Å². The number of nitrogens with zero attached hydrogens (tertiary/aromatic N) is 1. The maximum Gasteiger partial charge on any atom is 0.573 e. The van der Waals surface area contributed by atoms with Gasteiger partial charge in [-0.25, -0.2) is 0 Å². The van der Waals surface area contributed by atoms with Gasteiger partial charge >= 0.3 is 6.36 Å². The highest BCUT2D eigenvalue weighted by atomic mass is 32.2. The van der Waals surface area contributed by atoms with E-state index in [0.717, 1.165) is 17.0 Å². The topological polar surface area (TPSA) is 75.7 Å². The number of rotatable bonds is 4. The molecular formula is C14H13F3N2O4S. The number of carbonyl (C=O) groups excluding carboxylic acids is 3. The monoisotopic (exact) mass is 362 g/mol. The largest absolute Gasteiger partial charge is 0.573 e. The van der Waals surface area contributed by atoms with Crippen molar-refractivity contribution >= 4 is 35.2 Å². The standard InChI is InChI=1S/C14H13F3N2O4S/c1-8-13(22)19(12(21)7-24-8)6-11(20)18-9-2-4-10(5-3-9)23-14(15,16)17/h2-5,8H,6-7H2,1H3,(H,18,20)/t8-/m1/s1. The van der Waals surface area contributed by atoms with Crippen LogP contribution in [-0.2, 0) is 14.4 Å². The molecule has 1 heterocycles. The van der Waals surface area contributed by atoms with E-state index in [4.69, 9.17) is 0 Å². The third kappa shape index (κ3) is 4.88. The normalized spacial score (nSPS) is 18.5. The Morgan fingerprint density at radius 2 is 1.96 bits per heavy atom. The fourth-order valence-electron chi connectivity index (χ4n) is 1.94. The van der Waals surface area contributed by atoms with Crippen molar-refractivity contribution in [3.8, 4) is 5.75 Å². The number of imide groups is 1. The fraction of sp³-hybridized carbons (Fsp3) is 0.357. The summed E-state index contributed by atoms with van der Waals surface area (Å²) in [6.45, 7) is 1.20. The maximum atomic E-state index is 12.1. The van der Waals surface area contributed by atoms with E-state index < -0.39 is 41.6 Å². The Bertz CT molecular complexity index is 648. The Hall–Kier alpha value is -2.23. The molecule has 1 aromatic rings. The number of amides is 3. The molecule has 130 valence electrons. The molecule has 1 aliphatic rings. The zero-order valence-corrected chi connectivity index (χ0v) is 13.2. The van der Waals surface area contributed by atoms with E-state index in [2.05, 4.69) is 10.1 Å².